The molecule has 0 saturated heterocycles. The summed E-state index contributed by atoms with van der Waals surface area (Å²) in [6.07, 6.45) is 83.0. The molecule has 0 radical (unpaired) electrons. The SMILES string of the molecule is CC/C=C\C/C=C\C/C=C\C/C=C\C/C=C\C/C=C\C/C=C\CCCCCCCC(=O)OCC(COC(=O)CCCCCCC/C=C\C/C=C\CCC)OC(=O)CCCCCCC/C=C\C/C=C\CCCC. The van der Waals surface area contributed by atoms with Gasteiger partial charge in [0, 0.05) is 19.3 Å². The summed E-state index contributed by atoms with van der Waals surface area (Å²) in [6, 6.07) is 0. The summed E-state index contributed by atoms with van der Waals surface area (Å²) in [7, 11) is 0. The van der Waals surface area contributed by atoms with Gasteiger partial charge in [0.25, 0.3) is 0 Å². The zero-order chi connectivity index (χ0) is 52.2. The fourth-order valence-corrected chi connectivity index (χ4v) is 7.48. The largest absolute Gasteiger partial charge is 0.462 e. The van der Waals surface area contributed by atoms with Gasteiger partial charge in [-0.15, -0.1) is 0 Å². The van der Waals surface area contributed by atoms with Gasteiger partial charge in [0.2, 0.25) is 0 Å². The predicted octanol–water partition coefficient (Wildman–Crippen LogP) is 19.8. The highest BCUT2D eigenvalue weighted by molar-refractivity contribution is 5.71. The fraction of sp³-hybridized carbons (Fsp3) is 0.621. The van der Waals surface area contributed by atoms with Crippen LogP contribution in [0, 0.1) is 0 Å². The van der Waals surface area contributed by atoms with E-state index in [-0.39, 0.29) is 31.1 Å². The van der Waals surface area contributed by atoms with Crippen LogP contribution in [0.1, 0.15) is 245 Å². The van der Waals surface area contributed by atoms with Gasteiger partial charge in [-0.25, -0.2) is 0 Å². The van der Waals surface area contributed by atoms with Gasteiger partial charge in [-0.2, -0.15) is 0 Å². The molecule has 0 rings (SSSR count). The number of rotatable bonds is 51. The number of unbranched alkanes of at least 4 members (excludes halogenated alkanes) is 18. The highest BCUT2D eigenvalue weighted by Crippen LogP contribution is 2.13. The normalized spacial score (nSPS) is 13.1. The van der Waals surface area contributed by atoms with Gasteiger partial charge in [-0.1, -0.05) is 231 Å². The van der Waals surface area contributed by atoms with Crippen molar-refractivity contribution in [3.63, 3.8) is 0 Å². The number of carbonyl (C=O) groups is 3. The van der Waals surface area contributed by atoms with E-state index in [4.69, 9.17) is 14.2 Å². The third kappa shape index (κ3) is 56.5. The first-order chi connectivity index (χ1) is 35.5. The second-order valence-electron chi connectivity index (χ2n) is 18.8. The van der Waals surface area contributed by atoms with Crippen LogP contribution in [-0.4, -0.2) is 37.2 Å². The van der Waals surface area contributed by atoms with Crippen molar-refractivity contribution in [2.45, 2.75) is 252 Å². The van der Waals surface area contributed by atoms with E-state index in [1.165, 1.54) is 25.7 Å². The molecule has 0 aromatic rings. The molecule has 406 valence electrons. The summed E-state index contributed by atoms with van der Waals surface area (Å²) in [4.78, 5) is 38.1. The highest BCUT2D eigenvalue weighted by Gasteiger charge is 2.19. The van der Waals surface area contributed by atoms with Crippen LogP contribution in [-0.2, 0) is 28.6 Å². The summed E-state index contributed by atoms with van der Waals surface area (Å²) in [5, 5.41) is 0. The van der Waals surface area contributed by atoms with Crippen molar-refractivity contribution < 1.29 is 28.6 Å². The summed E-state index contributed by atoms with van der Waals surface area (Å²) in [5.41, 5.74) is 0. The molecule has 6 heteroatoms. The zero-order valence-electron chi connectivity index (χ0n) is 46.4. The highest BCUT2D eigenvalue weighted by atomic mass is 16.6. The molecule has 0 saturated carbocycles. The van der Waals surface area contributed by atoms with Crippen molar-refractivity contribution in [3.8, 4) is 0 Å². The van der Waals surface area contributed by atoms with Crippen LogP contribution < -0.4 is 0 Å². The average Bonchev–Trinajstić information content (AvgIpc) is 3.38. The van der Waals surface area contributed by atoms with E-state index in [1.54, 1.807) is 0 Å². The first-order valence-corrected chi connectivity index (χ1v) is 29.2. The van der Waals surface area contributed by atoms with E-state index in [1.807, 2.05) is 0 Å². The van der Waals surface area contributed by atoms with Gasteiger partial charge >= 0.3 is 17.9 Å². The first kappa shape index (κ1) is 67.5. The van der Waals surface area contributed by atoms with Crippen molar-refractivity contribution in [1.29, 1.82) is 0 Å². The Hall–Kier alpha value is -4.45. The summed E-state index contributed by atoms with van der Waals surface area (Å²) in [5.74, 6) is -0.953. The van der Waals surface area contributed by atoms with Crippen LogP contribution in [0.25, 0.3) is 0 Å². The summed E-state index contributed by atoms with van der Waals surface area (Å²) in [6.45, 7) is 6.37. The van der Waals surface area contributed by atoms with E-state index in [2.05, 4.69) is 154 Å². The Balaban J connectivity index is 4.39. The molecular formula is C66H106O6. The van der Waals surface area contributed by atoms with Crippen LogP contribution in [0.2, 0.25) is 0 Å². The van der Waals surface area contributed by atoms with Crippen molar-refractivity contribution >= 4 is 17.9 Å². The molecule has 0 spiro atoms. The van der Waals surface area contributed by atoms with Gasteiger partial charge in [0.1, 0.15) is 13.2 Å². The van der Waals surface area contributed by atoms with Gasteiger partial charge in [0.15, 0.2) is 6.10 Å². The molecule has 0 aliphatic carbocycles. The van der Waals surface area contributed by atoms with Crippen molar-refractivity contribution in [2.75, 3.05) is 13.2 Å². The van der Waals surface area contributed by atoms with E-state index in [0.717, 1.165) is 180 Å². The van der Waals surface area contributed by atoms with Crippen LogP contribution in [0.15, 0.2) is 134 Å². The Kier molecular flexibility index (Phi) is 55.5. The molecule has 0 aliphatic rings. The lowest BCUT2D eigenvalue weighted by Gasteiger charge is -2.18. The average molecular weight is 996 g/mol. The molecule has 0 N–H and O–H groups in total. The maximum atomic E-state index is 12.8. The molecule has 1 unspecified atom stereocenters. The van der Waals surface area contributed by atoms with Crippen LogP contribution in [0.5, 0.6) is 0 Å². The smallest absolute Gasteiger partial charge is 0.306 e. The van der Waals surface area contributed by atoms with E-state index in [9.17, 15) is 14.4 Å². The number of hydrogen-bond acceptors (Lipinski definition) is 6. The lowest BCUT2D eigenvalue weighted by atomic mass is 10.1. The maximum absolute atomic E-state index is 12.8. The second-order valence-corrected chi connectivity index (χ2v) is 18.8. The Morgan fingerprint density at radius 3 is 0.903 bits per heavy atom. The second kappa shape index (κ2) is 59.1. The Bertz CT molecular complexity index is 1560. The Morgan fingerprint density at radius 1 is 0.292 bits per heavy atom. The predicted molar refractivity (Wildman–Crippen MR) is 311 cm³/mol. The van der Waals surface area contributed by atoms with E-state index in [0.29, 0.717) is 19.3 Å². The molecule has 0 amide bonds. The minimum atomic E-state index is -0.804. The molecule has 1 atom stereocenters. The lowest BCUT2D eigenvalue weighted by Crippen LogP contribution is -2.30. The molecule has 0 aliphatic heterocycles. The first-order valence-electron chi connectivity index (χ1n) is 29.2. The van der Waals surface area contributed by atoms with Gasteiger partial charge in [-0.05, 0) is 128 Å². The molecule has 0 aromatic heterocycles. The number of carbonyl (C=O) groups excluding carboxylic acids is 3. The maximum Gasteiger partial charge on any atom is 0.306 e. The van der Waals surface area contributed by atoms with Crippen LogP contribution in [0.4, 0.5) is 0 Å². The number of ether oxygens (including phenoxy) is 3. The minimum absolute atomic E-state index is 0.101. The lowest BCUT2D eigenvalue weighted by molar-refractivity contribution is -0.167. The molecule has 6 nitrogen and oxygen atoms in total. The number of esters is 3. The van der Waals surface area contributed by atoms with Crippen molar-refractivity contribution in [2.24, 2.45) is 0 Å². The van der Waals surface area contributed by atoms with E-state index >= 15 is 0 Å². The third-order valence-corrected chi connectivity index (χ3v) is 11.8. The van der Waals surface area contributed by atoms with Crippen molar-refractivity contribution in [3.05, 3.63) is 134 Å². The molecule has 0 aromatic carbocycles. The van der Waals surface area contributed by atoms with Gasteiger partial charge in [0.05, 0.1) is 0 Å². The molecular weight excluding hydrogens is 889 g/mol. The third-order valence-electron chi connectivity index (χ3n) is 11.8. The Morgan fingerprint density at radius 2 is 0.569 bits per heavy atom. The van der Waals surface area contributed by atoms with E-state index < -0.39 is 6.10 Å². The molecule has 0 heterocycles. The topological polar surface area (TPSA) is 78.9 Å². The standard InChI is InChI=1S/C66H106O6/c1-4-7-10-13-16-19-22-25-27-28-29-30-31-32-33-34-35-36-37-38-39-42-44-47-50-53-56-59-65(68)71-62-63(61-70-64(67)58-55-52-49-46-43-40-24-21-18-15-12-9-6-3)72-66(69)60-57-54-51-48-45-41-26-23-20-17-14-11-8-5-2/h7,10,12,14-17,19,21,23-27,29-30,32-33,35-36,38-39,63H,4-6,8-9,11,13,18,20,22,28,31,34,37,40-62H2,1-3H3/b10-7-,15-12-,17-14-,19-16-,24-21-,26-23-,27-25-,30-29-,33-32-,36-35-,39-38-. The number of allylic oxidation sites excluding steroid dienone is 22. The monoisotopic (exact) mass is 995 g/mol. The van der Waals surface area contributed by atoms with Crippen LogP contribution in [0.3, 0.4) is 0 Å². The van der Waals surface area contributed by atoms with Crippen LogP contribution >= 0.6 is 0 Å². The quantitative estimate of drug-likeness (QED) is 0.0261. The summed E-state index contributed by atoms with van der Waals surface area (Å²) >= 11 is 0. The minimum Gasteiger partial charge on any atom is -0.462 e. The van der Waals surface area contributed by atoms with Crippen molar-refractivity contribution in [1.82, 2.24) is 0 Å². The molecule has 0 bridgehead atoms. The zero-order valence-corrected chi connectivity index (χ0v) is 46.4. The van der Waals surface area contributed by atoms with Gasteiger partial charge < -0.3 is 14.2 Å². The summed E-state index contributed by atoms with van der Waals surface area (Å²) < 4.78 is 16.8. The Labute approximate surface area is 443 Å². The molecule has 0 fully saturated rings. The van der Waals surface area contributed by atoms with Gasteiger partial charge in [-0.3, -0.25) is 14.4 Å². The fourth-order valence-electron chi connectivity index (χ4n) is 7.48. The number of hydrogen-bond donors (Lipinski definition) is 0. The molecule has 72 heavy (non-hydrogen) atoms.